The van der Waals surface area contributed by atoms with Crippen molar-refractivity contribution in [2.75, 3.05) is 13.1 Å². The number of amides is 2. The molecule has 6 nitrogen and oxygen atoms in total. The van der Waals surface area contributed by atoms with Crippen molar-refractivity contribution in [3.05, 3.63) is 126 Å². The van der Waals surface area contributed by atoms with Crippen molar-refractivity contribution < 1.29 is 9.59 Å². The lowest BCUT2D eigenvalue weighted by atomic mass is 9.94. The molecule has 0 aliphatic heterocycles. The van der Waals surface area contributed by atoms with Gasteiger partial charge in [-0.15, -0.1) is 0 Å². The highest BCUT2D eigenvalue weighted by atomic mass is 16.2. The van der Waals surface area contributed by atoms with Crippen molar-refractivity contribution in [2.45, 2.75) is 26.3 Å². The number of nitrogens with one attached hydrogen (secondary N) is 2. The van der Waals surface area contributed by atoms with Gasteiger partial charge in [0.2, 0.25) is 0 Å². The van der Waals surface area contributed by atoms with E-state index in [9.17, 15) is 9.59 Å². The van der Waals surface area contributed by atoms with Crippen molar-refractivity contribution in [2.24, 2.45) is 0 Å². The molecule has 0 saturated heterocycles. The highest BCUT2D eigenvalue weighted by molar-refractivity contribution is 6.06. The number of hydrogen-bond acceptors (Lipinski definition) is 3. The summed E-state index contributed by atoms with van der Waals surface area (Å²) in [5.41, 5.74) is 5.83. The van der Waals surface area contributed by atoms with E-state index >= 15 is 0 Å². The summed E-state index contributed by atoms with van der Waals surface area (Å²) in [6.07, 6.45) is 7.09. The molecule has 2 N–H and O–H groups in total. The van der Waals surface area contributed by atoms with Gasteiger partial charge in [-0.3, -0.25) is 14.6 Å². The van der Waals surface area contributed by atoms with Crippen LogP contribution in [0.25, 0.3) is 22.0 Å². The summed E-state index contributed by atoms with van der Waals surface area (Å²) in [5.74, 6) is -0.223. The molecular formula is C33H32N4O2. The van der Waals surface area contributed by atoms with Crippen LogP contribution in [0.15, 0.2) is 104 Å². The van der Waals surface area contributed by atoms with E-state index in [0.29, 0.717) is 30.8 Å². The number of hydrogen-bond donors (Lipinski definition) is 2. The van der Waals surface area contributed by atoms with Gasteiger partial charge >= 0.3 is 0 Å². The van der Waals surface area contributed by atoms with Crippen LogP contribution in [-0.4, -0.2) is 39.8 Å². The molecule has 0 atom stereocenters. The number of aromatic amines is 1. The Kier molecular flexibility index (Phi) is 8.12. The molecule has 2 amide bonds. The van der Waals surface area contributed by atoms with Gasteiger partial charge in [0.25, 0.3) is 11.8 Å². The molecule has 39 heavy (non-hydrogen) atoms. The minimum absolute atomic E-state index is 0.0298. The van der Waals surface area contributed by atoms with E-state index in [0.717, 1.165) is 35.0 Å². The first-order chi connectivity index (χ1) is 19.2. The lowest BCUT2D eigenvalue weighted by Gasteiger charge is -2.24. The van der Waals surface area contributed by atoms with E-state index in [1.54, 1.807) is 18.5 Å². The number of aromatic nitrogens is 2. The van der Waals surface area contributed by atoms with Crippen molar-refractivity contribution in [3.8, 4) is 11.1 Å². The number of benzene rings is 3. The molecule has 0 unspecified atom stereocenters. The maximum Gasteiger partial charge on any atom is 0.254 e. The molecule has 0 fully saturated rings. The zero-order valence-electron chi connectivity index (χ0n) is 22.1. The maximum absolute atomic E-state index is 14.0. The van der Waals surface area contributed by atoms with E-state index in [2.05, 4.69) is 34.3 Å². The number of rotatable bonds is 10. The van der Waals surface area contributed by atoms with Gasteiger partial charge in [-0.25, -0.2) is 0 Å². The fourth-order valence-corrected chi connectivity index (χ4v) is 4.95. The Morgan fingerprint density at radius 3 is 2.33 bits per heavy atom. The van der Waals surface area contributed by atoms with Crippen LogP contribution in [0.3, 0.4) is 0 Å². The Morgan fingerprint density at radius 1 is 0.846 bits per heavy atom. The number of nitrogens with zero attached hydrogens (tertiary/aromatic N) is 2. The van der Waals surface area contributed by atoms with Gasteiger partial charge in [0.05, 0.1) is 0 Å². The van der Waals surface area contributed by atoms with Gasteiger partial charge in [-0.05, 0) is 59.4 Å². The van der Waals surface area contributed by atoms with E-state index < -0.39 is 0 Å². The maximum atomic E-state index is 14.0. The minimum Gasteiger partial charge on any atom is -0.361 e. The predicted octanol–water partition coefficient (Wildman–Crippen LogP) is 6.25. The lowest BCUT2D eigenvalue weighted by molar-refractivity contribution is 0.0757. The Bertz CT molecular complexity index is 1580. The molecule has 5 rings (SSSR count). The first-order valence-corrected chi connectivity index (χ1v) is 13.4. The van der Waals surface area contributed by atoms with Crippen molar-refractivity contribution >= 4 is 22.7 Å². The number of para-hydroxylation sites is 1. The van der Waals surface area contributed by atoms with E-state index in [-0.39, 0.29) is 11.8 Å². The van der Waals surface area contributed by atoms with Crippen LogP contribution in [0.1, 0.15) is 45.2 Å². The molecule has 3 aromatic carbocycles. The number of H-pyrrole nitrogens is 1. The Hall–Kier alpha value is -4.71. The molecule has 5 aromatic rings. The van der Waals surface area contributed by atoms with Crippen molar-refractivity contribution in [1.29, 1.82) is 0 Å². The second-order valence-electron chi connectivity index (χ2n) is 9.54. The molecular weight excluding hydrogens is 484 g/mol. The molecule has 2 heterocycles. The summed E-state index contributed by atoms with van der Waals surface area (Å²) >= 11 is 0. The summed E-state index contributed by atoms with van der Waals surface area (Å²) in [6, 6.07) is 27.0. The van der Waals surface area contributed by atoms with Gasteiger partial charge in [0.15, 0.2) is 0 Å². The Morgan fingerprint density at radius 2 is 1.56 bits per heavy atom. The van der Waals surface area contributed by atoms with Crippen LogP contribution < -0.4 is 5.32 Å². The van der Waals surface area contributed by atoms with Crippen LogP contribution in [0.4, 0.5) is 0 Å². The first kappa shape index (κ1) is 25.9. The van der Waals surface area contributed by atoms with Gasteiger partial charge in [-0.1, -0.05) is 67.6 Å². The van der Waals surface area contributed by atoms with Crippen LogP contribution >= 0.6 is 0 Å². The largest absolute Gasteiger partial charge is 0.361 e. The van der Waals surface area contributed by atoms with Gasteiger partial charge in [0, 0.05) is 60.3 Å². The average molecular weight is 517 g/mol. The molecule has 2 aromatic heterocycles. The molecule has 0 bridgehead atoms. The summed E-state index contributed by atoms with van der Waals surface area (Å²) in [5, 5.41) is 4.18. The number of carbonyl (C=O) groups is 2. The van der Waals surface area contributed by atoms with E-state index in [1.807, 2.05) is 77.8 Å². The second kappa shape index (κ2) is 12.2. The molecule has 0 spiro atoms. The third-order valence-corrected chi connectivity index (χ3v) is 6.90. The highest BCUT2D eigenvalue weighted by Crippen LogP contribution is 2.29. The molecule has 6 heteroatoms. The normalized spacial score (nSPS) is 10.9. The van der Waals surface area contributed by atoms with Gasteiger partial charge in [0.1, 0.15) is 0 Å². The summed E-state index contributed by atoms with van der Waals surface area (Å²) < 4.78 is 0. The molecule has 0 saturated carbocycles. The summed E-state index contributed by atoms with van der Waals surface area (Å²) in [4.78, 5) is 36.6. The zero-order valence-corrected chi connectivity index (χ0v) is 22.1. The molecule has 0 radical (unpaired) electrons. The van der Waals surface area contributed by atoms with Gasteiger partial charge in [-0.2, -0.15) is 0 Å². The van der Waals surface area contributed by atoms with E-state index in [1.165, 1.54) is 10.9 Å². The number of pyridine rings is 1. The van der Waals surface area contributed by atoms with E-state index in [4.69, 9.17) is 0 Å². The summed E-state index contributed by atoms with van der Waals surface area (Å²) in [7, 11) is 0. The minimum atomic E-state index is -0.193. The molecule has 196 valence electrons. The second-order valence-corrected chi connectivity index (χ2v) is 9.54. The highest BCUT2D eigenvalue weighted by Gasteiger charge is 2.22. The SMILES string of the molecule is CCCN(CCc1c[nH]c2ccccc12)C(=O)c1ccccc1-c1ccccc1C(=O)NCc1cccnc1. The van der Waals surface area contributed by atoms with Crippen molar-refractivity contribution in [3.63, 3.8) is 0 Å². The topological polar surface area (TPSA) is 78.1 Å². The van der Waals surface area contributed by atoms with Crippen molar-refractivity contribution in [1.82, 2.24) is 20.2 Å². The van der Waals surface area contributed by atoms with Crippen LogP contribution in [0.5, 0.6) is 0 Å². The van der Waals surface area contributed by atoms with Crippen LogP contribution in [0.2, 0.25) is 0 Å². The fourth-order valence-electron chi connectivity index (χ4n) is 4.95. The quantitative estimate of drug-likeness (QED) is 0.230. The Balaban J connectivity index is 1.39. The molecule has 0 aliphatic rings. The smallest absolute Gasteiger partial charge is 0.254 e. The van der Waals surface area contributed by atoms with Crippen LogP contribution in [0, 0.1) is 0 Å². The first-order valence-electron chi connectivity index (χ1n) is 13.4. The number of fused-ring (bicyclic) bond motifs is 1. The standard InChI is InChI=1S/C33H32N4O2/c1-2-19-37(20-17-25-23-35-31-16-8-7-11-26(25)31)33(39)30-15-6-4-13-28(30)27-12-3-5-14-29(27)32(38)36-22-24-10-9-18-34-21-24/h3-16,18,21,23,35H,2,17,19-20,22H2,1H3,(H,36,38). The Labute approximate surface area is 228 Å². The fraction of sp³-hybridized carbons (Fsp3) is 0.182. The third-order valence-electron chi connectivity index (χ3n) is 6.90. The third kappa shape index (κ3) is 5.91. The summed E-state index contributed by atoms with van der Waals surface area (Å²) in [6.45, 7) is 3.72. The van der Waals surface area contributed by atoms with Gasteiger partial charge < -0.3 is 15.2 Å². The van der Waals surface area contributed by atoms with Crippen LogP contribution in [-0.2, 0) is 13.0 Å². The predicted molar refractivity (Wildman–Crippen MR) is 155 cm³/mol. The lowest BCUT2D eigenvalue weighted by Crippen LogP contribution is -2.34. The monoisotopic (exact) mass is 516 g/mol. The number of carbonyl (C=O) groups excluding carboxylic acids is 2. The molecule has 0 aliphatic carbocycles. The zero-order chi connectivity index (χ0) is 27.0. The average Bonchev–Trinajstić information content (AvgIpc) is 3.41.